The number of aliphatic imine (C=N–C) groups is 1. The van der Waals surface area contributed by atoms with Crippen LogP contribution in [0.2, 0.25) is 0 Å². The van der Waals surface area contributed by atoms with Crippen molar-refractivity contribution in [2.75, 3.05) is 33.2 Å². The summed E-state index contributed by atoms with van der Waals surface area (Å²) in [5.41, 5.74) is 0. The molecule has 0 aliphatic rings. The lowest BCUT2D eigenvalue weighted by Crippen LogP contribution is -2.40. The van der Waals surface area contributed by atoms with Crippen molar-refractivity contribution in [3.05, 3.63) is 12.7 Å². The minimum atomic E-state index is -0.0395. The van der Waals surface area contributed by atoms with Gasteiger partial charge < -0.3 is 15.5 Å². The largest absolute Gasteiger partial charge is 0.357 e. The van der Waals surface area contributed by atoms with Crippen LogP contribution in [0.1, 0.15) is 39.5 Å². The molecule has 116 valence electrons. The van der Waals surface area contributed by atoms with Gasteiger partial charge in [0.2, 0.25) is 5.91 Å². The Kier molecular flexibility index (Phi) is 11.6. The second-order valence-electron chi connectivity index (χ2n) is 4.68. The number of guanidine groups is 1. The predicted octanol–water partition coefficient (Wildman–Crippen LogP) is 1.77. The number of carbonyl (C=O) groups is 1. The van der Waals surface area contributed by atoms with Crippen LogP contribution in [0.5, 0.6) is 0 Å². The fourth-order valence-corrected chi connectivity index (χ4v) is 1.79. The van der Waals surface area contributed by atoms with Crippen LogP contribution in [-0.4, -0.2) is 50.0 Å². The van der Waals surface area contributed by atoms with Gasteiger partial charge in [-0.2, -0.15) is 0 Å². The van der Waals surface area contributed by atoms with Crippen LogP contribution in [0.25, 0.3) is 0 Å². The zero-order valence-electron chi connectivity index (χ0n) is 13.2. The van der Waals surface area contributed by atoms with Gasteiger partial charge in [0.1, 0.15) is 6.54 Å². The lowest BCUT2D eigenvalue weighted by Gasteiger charge is -2.21. The lowest BCUT2D eigenvalue weighted by molar-refractivity contribution is -0.119. The number of carbonyl (C=O) groups excluding carboxylic acids is 1. The maximum Gasteiger partial charge on any atom is 0.241 e. The number of hydrogen-bond acceptors (Lipinski definition) is 2. The van der Waals surface area contributed by atoms with Crippen molar-refractivity contribution in [3.8, 4) is 0 Å². The third-order valence-electron chi connectivity index (χ3n) is 2.84. The van der Waals surface area contributed by atoms with E-state index in [2.05, 4.69) is 27.1 Å². The first kappa shape index (κ1) is 18.5. The zero-order chi connectivity index (χ0) is 15.2. The fraction of sp³-hybridized carbons (Fsp3) is 0.733. The molecule has 5 heteroatoms. The van der Waals surface area contributed by atoms with Gasteiger partial charge in [0.25, 0.3) is 0 Å². The Labute approximate surface area is 123 Å². The van der Waals surface area contributed by atoms with Gasteiger partial charge in [-0.25, -0.2) is 4.99 Å². The summed E-state index contributed by atoms with van der Waals surface area (Å²) in [5, 5.41) is 5.96. The van der Waals surface area contributed by atoms with E-state index in [1.165, 1.54) is 12.8 Å². The van der Waals surface area contributed by atoms with Gasteiger partial charge in [-0.05, 0) is 33.1 Å². The molecule has 0 bridgehead atoms. The van der Waals surface area contributed by atoms with Gasteiger partial charge in [0, 0.05) is 26.7 Å². The molecule has 0 atom stereocenters. The van der Waals surface area contributed by atoms with E-state index >= 15 is 0 Å². The molecule has 2 N–H and O–H groups in total. The summed E-state index contributed by atoms with van der Waals surface area (Å²) >= 11 is 0. The van der Waals surface area contributed by atoms with Crippen molar-refractivity contribution in [1.82, 2.24) is 15.5 Å². The molecule has 0 aromatic rings. The van der Waals surface area contributed by atoms with E-state index in [-0.39, 0.29) is 12.5 Å². The predicted molar refractivity (Wildman–Crippen MR) is 86.0 cm³/mol. The standard InChI is InChI=1S/C15H30N4O/c1-5-8-9-10-11-12-19(4)15(17-7-3)18-13-14(20)16-6-2/h5H,1,6-13H2,2-4H3,(H,16,20)(H,17,18). The Morgan fingerprint density at radius 3 is 2.50 bits per heavy atom. The summed E-state index contributed by atoms with van der Waals surface area (Å²) in [4.78, 5) is 17.9. The van der Waals surface area contributed by atoms with E-state index in [1.54, 1.807) is 0 Å². The van der Waals surface area contributed by atoms with Crippen molar-refractivity contribution in [2.45, 2.75) is 39.5 Å². The van der Waals surface area contributed by atoms with E-state index in [9.17, 15) is 4.79 Å². The Balaban J connectivity index is 4.16. The van der Waals surface area contributed by atoms with Crippen LogP contribution >= 0.6 is 0 Å². The Morgan fingerprint density at radius 2 is 1.90 bits per heavy atom. The summed E-state index contributed by atoms with van der Waals surface area (Å²) in [7, 11) is 2.01. The van der Waals surface area contributed by atoms with Crippen molar-refractivity contribution in [2.24, 2.45) is 4.99 Å². The zero-order valence-corrected chi connectivity index (χ0v) is 13.2. The maximum absolute atomic E-state index is 11.4. The normalized spacial score (nSPS) is 11.1. The summed E-state index contributed by atoms with van der Waals surface area (Å²) in [6.45, 7) is 10.2. The monoisotopic (exact) mass is 282 g/mol. The van der Waals surface area contributed by atoms with E-state index < -0.39 is 0 Å². The number of rotatable bonds is 10. The van der Waals surface area contributed by atoms with Crippen LogP contribution in [0, 0.1) is 0 Å². The van der Waals surface area contributed by atoms with Gasteiger partial charge in [0.05, 0.1) is 0 Å². The average molecular weight is 282 g/mol. The molecule has 0 unspecified atom stereocenters. The number of allylic oxidation sites excluding steroid dienone is 1. The van der Waals surface area contributed by atoms with E-state index in [4.69, 9.17) is 0 Å². The molecule has 0 aliphatic carbocycles. The van der Waals surface area contributed by atoms with E-state index in [0.29, 0.717) is 6.54 Å². The van der Waals surface area contributed by atoms with E-state index in [1.807, 2.05) is 27.0 Å². The molecule has 0 fully saturated rings. The first-order valence-electron chi connectivity index (χ1n) is 7.52. The van der Waals surface area contributed by atoms with Crippen LogP contribution in [-0.2, 0) is 4.79 Å². The maximum atomic E-state index is 11.4. The SMILES string of the molecule is C=CCCCCCN(C)C(=NCC(=O)NCC)NCC. The van der Waals surface area contributed by atoms with Crippen molar-refractivity contribution in [1.29, 1.82) is 0 Å². The summed E-state index contributed by atoms with van der Waals surface area (Å²) in [6, 6.07) is 0. The molecule has 0 aromatic carbocycles. The number of unbranched alkanes of at least 4 members (excludes halogenated alkanes) is 3. The van der Waals surface area contributed by atoms with Crippen LogP contribution in [0.3, 0.4) is 0 Å². The highest BCUT2D eigenvalue weighted by Gasteiger charge is 2.06. The second kappa shape index (κ2) is 12.5. The van der Waals surface area contributed by atoms with Crippen LogP contribution in [0.15, 0.2) is 17.6 Å². The average Bonchev–Trinajstić information content (AvgIpc) is 2.43. The molecule has 0 heterocycles. The molecule has 0 rings (SSSR count). The van der Waals surface area contributed by atoms with Crippen molar-refractivity contribution >= 4 is 11.9 Å². The molecular formula is C15H30N4O. The highest BCUT2D eigenvalue weighted by atomic mass is 16.1. The lowest BCUT2D eigenvalue weighted by atomic mass is 10.2. The summed E-state index contributed by atoms with van der Waals surface area (Å²) < 4.78 is 0. The molecule has 0 aliphatic heterocycles. The summed E-state index contributed by atoms with van der Waals surface area (Å²) in [5.74, 6) is 0.754. The molecule has 0 saturated heterocycles. The van der Waals surface area contributed by atoms with Gasteiger partial charge in [0.15, 0.2) is 5.96 Å². The number of nitrogens with one attached hydrogen (secondary N) is 2. The topological polar surface area (TPSA) is 56.7 Å². The molecule has 5 nitrogen and oxygen atoms in total. The molecule has 1 amide bonds. The molecule has 0 radical (unpaired) electrons. The second-order valence-corrected chi connectivity index (χ2v) is 4.68. The van der Waals surface area contributed by atoms with Crippen molar-refractivity contribution < 1.29 is 4.79 Å². The van der Waals surface area contributed by atoms with Gasteiger partial charge >= 0.3 is 0 Å². The summed E-state index contributed by atoms with van der Waals surface area (Å²) in [6.07, 6.45) is 6.53. The van der Waals surface area contributed by atoms with Gasteiger partial charge in [-0.15, -0.1) is 6.58 Å². The quantitative estimate of drug-likeness (QED) is 0.278. The highest BCUT2D eigenvalue weighted by Crippen LogP contribution is 2.01. The fourth-order valence-electron chi connectivity index (χ4n) is 1.79. The third kappa shape index (κ3) is 9.42. The first-order valence-corrected chi connectivity index (χ1v) is 7.52. The first-order chi connectivity index (χ1) is 9.65. The Morgan fingerprint density at radius 1 is 1.20 bits per heavy atom. The van der Waals surface area contributed by atoms with Crippen LogP contribution < -0.4 is 10.6 Å². The molecule has 20 heavy (non-hydrogen) atoms. The number of hydrogen-bond donors (Lipinski definition) is 2. The molecule has 0 spiro atoms. The third-order valence-corrected chi connectivity index (χ3v) is 2.84. The highest BCUT2D eigenvalue weighted by molar-refractivity contribution is 5.84. The number of amides is 1. The number of nitrogens with zero attached hydrogens (tertiary/aromatic N) is 2. The molecule has 0 aromatic heterocycles. The van der Waals surface area contributed by atoms with Crippen molar-refractivity contribution in [3.63, 3.8) is 0 Å². The Bertz CT molecular complexity index is 302. The number of likely N-dealkylation sites (N-methyl/N-ethyl adjacent to an activating group) is 1. The minimum Gasteiger partial charge on any atom is -0.357 e. The molecular weight excluding hydrogens is 252 g/mol. The van der Waals surface area contributed by atoms with E-state index in [0.717, 1.165) is 31.9 Å². The van der Waals surface area contributed by atoms with Gasteiger partial charge in [-0.3, -0.25) is 4.79 Å². The molecule has 0 saturated carbocycles. The smallest absolute Gasteiger partial charge is 0.241 e. The minimum absolute atomic E-state index is 0.0395. The Hall–Kier alpha value is -1.52. The van der Waals surface area contributed by atoms with Gasteiger partial charge in [-0.1, -0.05) is 12.5 Å². The van der Waals surface area contributed by atoms with Crippen LogP contribution in [0.4, 0.5) is 0 Å².